The van der Waals surface area contributed by atoms with Gasteiger partial charge in [-0.1, -0.05) is 0 Å². The van der Waals surface area contributed by atoms with Crippen molar-refractivity contribution in [1.29, 1.82) is 0 Å². The zero-order chi connectivity index (χ0) is 16.4. The number of anilines is 3. The van der Waals surface area contributed by atoms with Gasteiger partial charge in [-0.2, -0.15) is 4.98 Å². The highest BCUT2D eigenvalue weighted by Crippen LogP contribution is 2.31. The second-order valence-corrected chi connectivity index (χ2v) is 6.51. The van der Waals surface area contributed by atoms with Gasteiger partial charge in [0, 0.05) is 24.5 Å². The van der Waals surface area contributed by atoms with Crippen LogP contribution >= 0.6 is 22.9 Å². The quantitative estimate of drug-likeness (QED) is 0.641. The van der Waals surface area contributed by atoms with Gasteiger partial charge in [-0.25, -0.2) is 4.98 Å². The molecule has 0 amide bonds. The fourth-order valence-corrected chi connectivity index (χ4v) is 3.61. The number of benzene rings is 1. The Morgan fingerprint density at radius 1 is 1.17 bits per heavy atom. The van der Waals surface area contributed by atoms with Crippen molar-refractivity contribution < 1.29 is 0 Å². The fourth-order valence-electron chi connectivity index (χ4n) is 2.63. The molecule has 0 atom stereocenters. The molecule has 0 fully saturated rings. The summed E-state index contributed by atoms with van der Waals surface area (Å²) < 4.78 is 0. The summed E-state index contributed by atoms with van der Waals surface area (Å²) in [6, 6.07) is 8.44. The predicted molar refractivity (Wildman–Crippen MR) is 100 cm³/mol. The predicted octanol–water partition coefficient (Wildman–Crippen LogP) is 5.24. The molecule has 0 saturated heterocycles. The minimum atomic E-state index is 0.264. The van der Waals surface area contributed by atoms with Gasteiger partial charge in [-0.05, 0) is 67.6 Å². The maximum atomic E-state index is 6.03. The highest BCUT2D eigenvalue weighted by atomic mass is 35.5. The van der Waals surface area contributed by atoms with Crippen molar-refractivity contribution in [2.24, 2.45) is 0 Å². The molecule has 0 aliphatic carbocycles. The number of hydrogen-bond acceptors (Lipinski definition) is 5. The average molecular weight is 347 g/mol. The molecule has 0 unspecified atom stereocenters. The van der Waals surface area contributed by atoms with Gasteiger partial charge in [0.25, 0.3) is 0 Å². The third kappa shape index (κ3) is 3.26. The average Bonchev–Trinajstić information content (AvgIpc) is 2.99. The van der Waals surface area contributed by atoms with Crippen molar-refractivity contribution >= 4 is 50.3 Å². The SMILES string of the molecule is CCN(CC)c1ccc(Nc2nc(Cl)nc3sccc23)c(C)c1. The minimum Gasteiger partial charge on any atom is -0.372 e. The summed E-state index contributed by atoms with van der Waals surface area (Å²) in [5.74, 6) is 0.750. The summed E-state index contributed by atoms with van der Waals surface area (Å²) in [7, 11) is 0. The number of rotatable bonds is 5. The second kappa shape index (κ2) is 6.72. The van der Waals surface area contributed by atoms with Crippen molar-refractivity contribution in [3.63, 3.8) is 0 Å². The highest BCUT2D eigenvalue weighted by Gasteiger charge is 2.10. The van der Waals surface area contributed by atoms with E-state index in [4.69, 9.17) is 11.6 Å². The Hall–Kier alpha value is -1.85. The molecule has 0 radical (unpaired) electrons. The van der Waals surface area contributed by atoms with Gasteiger partial charge in [-0.3, -0.25) is 0 Å². The molecule has 0 aliphatic rings. The lowest BCUT2D eigenvalue weighted by molar-refractivity contribution is 0.866. The zero-order valence-electron chi connectivity index (χ0n) is 13.4. The number of fused-ring (bicyclic) bond motifs is 1. The Bertz CT molecular complexity index is 827. The number of aromatic nitrogens is 2. The molecule has 4 nitrogen and oxygen atoms in total. The topological polar surface area (TPSA) is 41.0 Å². The summed E-state index contributed by atoms with van der Waals surface area (Å²) in [6.45, 7) is 8.44. The molecule has 3 aromatic rings. The van der Waals surface area contributed by atoms with E-state index in [1.807, 2.05) is 11.4 Å². The first-order valence-corrected chi connectivity index (χ1v) is 8.91. The lowest BCUT2D eigenvalue weighted by Crippen LogP contribution is -2.21. The summed E-state index contributed by atoms with van der Waals surface area (Å²) >= 11 is 7.59. The molecule has 23 heavy (non-hydrogen) atoms. The molecule has 120 valence electrons. The number of thiophene rings is 1. The Morgan fingerprint density at radius 3 is 2.65 bits per heavy atom. The van der Waals surface area contributed by atoms with Gasteiger partial charge in [-0.15, -0.1) is 11.3 Å². The monoisotopic (exact) mass is 346 g/mol. The van der Waals surface area contributed by atoms with Gasteiger partial charge in [0.1, 0.15) is 10.6 Å². The molecule has 0 aliphatic heterocycles. The second-order valence-electron chi connectivity index (χ2n) is 5.28. The third-order valence-electron chi connectivity index (χ3n) is 3.89. The molecule has 0 bridgehead atoms. The zero-order valence-corrected chi connectivity index (χ0v) is 15.0. The van der Waals surface area contributed by atoms with Crippen molar-refractivity contribution in [2.75, 3.05) is 23.3 Å². The van der Waals surface area contributed by atoms with Crippen molar-refractivity contribution in [1.82, 2.24) is 9.97 Å². The Labute approximate surface area is 145 Å². The summed E-state index contributed by atoms with van der Waals surface area (Å²) in [5.41, 5.74) is 3.44. The largest absolute Gasteiger partial charge is 0.372 e. The van der Waals surface area contributed by atoms with Crippen molar-refractivity contribution in [2.45, 2.75) is 20.8 Å². The Kier molecular flexibility index (Phi) is 4.68. The van der Waals surface area contributed by atoms with Gasteiger partial charge in [0.05, 0.1) is 5.39 Å². The molecule has 1 N–H and O–H groups in total. The van der Waals surface area contributed by atoms with Gasteiger partial charge in [0.15, 0.2) is 0 Å². The van der Waals surface area contributed by atoms with Gasteiger partial charge >= 0.3 is 0 Å². The maximum absolute atomic E-state index is 6.03. The van der Waals surface area contributed by atoms with Crippen LogP contribution in [0.15, 0.2) is 29.6 Å². The van der Waals surface area contributed by atoms with Crippen LogP contribution in [0.1, 0.15) is 19.4 Å². The van der Waals surface area contributed by atoms with Crippen LogP contribution in [0.3, 0.4) is 0 Å². The molecule has 6 heteroatoms. The van der Waals surface area contributed by atoms with Crippen LogP contribution in [0.5, 0.6) is 0 Å². The molecule has 0 spiro atoms. The van der Waals surface area contributed by atoms with Crippen LogP contribution in [-0.4, -0.2) is 23.1 Å². The molecule has 2 heterocycles. The lowest BCUT2D eigenvalue weighted by atomic mass is 10.1. The number of hydrogen-bond donors (Lipinski definition) is 1. The lowest BCUT2D eigenvalue weighted by Gasteiger charge is -2.22. The van der Waals surface area contributed by atoms with Crippen molar-refractivity contribution in [3.8, 4) is 0 Å². The van der Waals surface area contributed by atoms with E-state index in [-0.39, 0.29) is 5.28 Å². The van der Waals surface area contributed by atoms with E-state index in [9.17, 15) is 0 Å². The van der Waals surface area contributed by atoms with E-state index in [2.05, 4.69) is 59.2 Å². The van der Waals surface area contributed by atoms with E-state index in [0.29, 0.717) is 0 Å². The molecule has 0 saturated carbocycles. The maximum Gasteiger partial charge on any atom is 0.225 e. The fraction of sp³-hybridized carbons (Fsp3) is 0.294. The van der Waals surface area contributed by atoms with E-state index in [1.165, 1.54) is 11.3 Å². The van der Waals surface area contributed by atoms with Crippen LogP contribution in [0.25, 0.3) is 10.2 Å². The first kappa shape index (κ1) is 16.0. The van der Waals surface area contributed by atoms with Gasteiger partial charge < -0.3 is 10.2 Å². The molecular weight excluding hydrogens is 328 g/mol. The van der Waals surface area contributed by atoms with Crippen LogP contribution in [0.2, 0.25) is 5.28 Å². The standard InChI is InChI=1S/C17H19ClN4S/c1-4-22(5-2)12-6-7-14(11(3)10-12)19-15-13-8-9-23-16(13)21-17(18)20-15/h6-10H,4-5H2,1-3H3,(H,19,20,21). The third-order valence-corrected chi connectivity index (χ3v) is 4.87. The van der Waals surface area contributed by atoms with E-state index in [1.54, 1.807) is 11.3 Å². The van der Waals surface area contributed by atoms with Crippen LogP contribution in [0, 0.1) is 6.92 Å². The van der Waals surface area contributed by atoms with E-state index in [0.717, 1.165) is 34.8 Å². The molecule has 3 rings (SSSR count). The highest BCUT2D eigenvalue weighted by molar-refractivity contribution is 7.16. The van der Waals surface area contributed by atoms with Crippen LogP contribution < -0.4 is 10.2 Å². The minimum absolute atomic E-state index is 0.264. The van der Waals surface area contributed by atoms with Gasteiger partial charge in [0.2, 0.25) is 5.28 Å². The molecular formula is C17H19ClN4S. The van der Waals surface area contributed by atoms with Crippen LogP contribution in [0.4, 0.5) is 17.2 Å². The Balaban J connectivity index is 1.94. The molecule has 1 aromatic carbocycles. The first-order valence-electron chi connectivity index (χ1n) is 7.65. The number of aryl methyl sites for hydroxylation is 1. The summed E-state index contributed by atoms with van der Waals surface area (Å²) in [6.07, 6.45) is 0. The van der Waals surface area contributed by atoms with E-state index < -0.39 is 0 Å². The number of nitrogens with one attached hydrogen (secondary N) is 1. The molecule has 2 aromatic heterocycles. The summed E-state index contributed by atoms with van der Waals surface area (Å²) in [5, 5.41) is 6.65. The first-order chi connectivity index (χ1) is 11.1. The number of nitrogens with zero attached hydrogens (tertiary/aromatic N) is 3. The van der Waals surface area contributed by atoms with E-state index >= 15 is 0 Å². The smallest absolute Gasteiger partial charge is 0.225 e. The summed E-state index contributed by atoms with van der Waals surface area (Å²) in [4.78, 5) is 11.8. The Morgan fingerprint density at radius 2 is 1.96 bits per heavy atom. The van der Waals surface area contributed by atoms with Crippen LogP contribution in [-0.2, 0) is 0 Å². The number of halogens is 1. The van der Waals surface area contributed by atoms with Crippen molar-refractivity contribution in [3.05, 3.63) is 40.5 Å². The normalized spacial score (nSPS) is 11.0.